The highest BCUT2D eigenvalue weighted by molar-refractivity contribution is 6.04. The fraction of sp³-hybridized carbons (Fsp3) is 0.103. The normalized spacial score (nSPS) is 10.9. The van der Waals surface area contributed by atoms with Gasteiger partial charge in [-0.15, -0.1) is 0 Å². The zero-order valence-corrected chi connectivity index (χ0v) is 19.6. The summed E-state index contributed by atoms with van der Waals surface area (Å²) in [4.78, 5) is 26.2. The standard InChI is InChI=1S/C29H24N2O5/c1-2-34-28(32)25-24(26(30)29(33)36-27(25)23-14-9-17-35-23)22-16-15-21(20-12-7-4-8-13-20)31(22)18-19-10-5-3-6-11-19/h3-17H,2,18,30H2,1H3. The Morgan fingerprint density at radius 3 is 2.28 bits per heavy atom. The van der Waals surface area contributed by atoms with E-state index < -0.39 is 11.6 Å². The SMILES string of the molecule is CCOC(=O)c1c(-c2ccco2)oc(=O)c(N)c1-c1ccc(-c2ccccc2)n1Cc1ccccc1. The monoisotopic (exact) mass is 480 g/mol. The van der Waals surface area contributed by atoms with E-state index in [1.807, 2.05) is 77.4 Å². The first-order valence-electron chi connectivity index (χ1n) is 11.5. The second kappa shape index (κ2) is 9.84. The first kappa shape index (κ1) is 23.0. The van der Waals surface area contributed by atoms with E-state index in [0.29, 0.717) is 12.2 Å². The van der Waals surface area contributed by atoms with Gasteiger partial charge >= 0.3 is 11.6 Å². The number of aromatic nitrogens is 1. The number of rotatable bonds is 7. The molecule has 0 amide bonds. The van der Waals surface area contributed by atoms with Crippen LogP contribution in [0, 0.1) is 0 Å². The molecule has 180 valence electrons. The van der Waals surface area contributed by atoms with Crippen molar-refractivity contribution in [1.82, 2.24) is 4.57 Å². The van der Waals surface area contributed by atoms with Crippen molar-refractivity contribution >= 4 is 11.7 Å². The van der Waals surface area contributed by atoms with Crippen molar-refractivity contribution in [2.24, 2.45) is 0 Å². The Balaban J connectivity index is 1.82. The van der Waals surface area contributed by atoms with Gasteiger partial charge in [0.2, 0.25) is 0 Å². The van der Waals surface area contributed by atoms with Gasteiger partial charge in [0.1, 0.15) is 11.3 Å². The molecule has 0 aliphatic rings. The fourth-order valence-electron chi connectivity index (χ4n) is 4.28. The van der Waals surface area contributed by atoms with Gasteiger partial charge in [-0.05, 0) is 42.3 Å². The lowest BCUT2D eigenvalue weighted by Gasteiger charge is -2.18. The van der Waals surface area contributed by atoms with Gasteiger partial charge < -0.3 is 23.9 Å². The Bertz CT molecular complexity index is 1550. The molecule has 3 heterocycles. The van der Waals surface area contributed by atoms with Gasteiger partial charge in [-0.1, -0.05) is 60.7 Å². The topological polar surface area (TPSA) is 101 Å². The lowest BCUT2D eigenvalue weighted by molar-refractivity contribution is 0.0525. The molecule has 5 rings (SSSR count). The lowest BCUT2D eigenvalue weighted by atomic mass is 10.0. The summed E-state index contributed by atoms with van der Waals surface area (Å²) in [5.74, 6) is -0.467. The average molecular weight is 481 g/mol. The van der Waals surface area contributed by atoms with Gasteiger partial charge in [-0.2, -0.15) is 0 Å². The fourth-order valence-corrected chi connectivity index (χ4v) is 4.28. The number of benzene rings is 2. The van der Waals surface area contributed by atoms with E-state index in [9.17, 15) is 9.59 Å². The highest BCUT2D eigenvalue weighted by atomic mass is 16.5. The number of hydrogen-bond donors (Lipinski definition) is 1. The number of ether oxygens (including phenoxy) is 1. The van der Waals surface area contributed by atoms with E-state index >= 15 is 0 Å². The molecule has 3 aromatic heterocycles. The van der Waals surface area contributed by atoms with Crippen LogP contribution in [0.1, 0.15) is 22.8 Å². The maximum absolute atomic E-state index is 13.3. The molecule has 7 heteroatoms. The predicted octanol–water partition coefficient (Wildman–Crippen LogP) is 5.84. The third-order valence-electron chi connectivity index (χ3n) is 5.88. The third kappa shape index (κ3) is 4.22. The molecule has 0 bridgehead atoms. The number of nitrogen functional groups attached to an aromatic ring is 1. The number of carbonyl (C=O) groups is 1. The van der Waals surface area contributed by atoms with E-state index in [1.54, 1.807) is 19.1 Å². The smallest absolute Gasteiger partial charge is 0.360 e. The second-order valence-corrected chi connectivity index (χ2v) is 8.12. The Labute approximate surface area is 207 Å². The summed E-state index contributed by atoms with van der Waals surface area (Å²) in [6.45, 7) is 2.32. The molecule has 2 N–H and O–H groups in total. The number of nitrogens with zero attached hydrogens (tertiary/aromatic N) is 1. The molecular weight excluding hydrogens is 456 g/mol. The van der Waals surface area contributed by atoms with Crippen molar-refractivity contribution in [2.45, 2.75) is 13.5 Å². The first-order valence-corrected chi connectivity index (χ1v) is 11.5. The highest BCUT2D eigenvalue weighted by Gasteiger charge is 2.30. The van der Waals surface area contributed by atoms with Crippen LogP contribution in [0.3, 0.4) is 0 Å². The number of furan rings is 1. The molecule has 0 fully saturated rings. The van der Waals surface area contributed by atoms with Gasteiger partial charge in [-0.3, -0.25) is 0 Å². The Morgan fingerprint density at radius 1 is 0.917 bits per heavy atom. The van der Waals surface area contributed by atoms with Crippen LogP contribution >= 0.6 is 0 Å². The maximum Gasteiger partial charge on any atom is 0.360 e. The summed E-state index contributed by atoms with van der Waals surface area (Å²) in [7, 11) is 0. The number of carbonyl (C=O) groups excluding carboxylic acids is 1. The van der Waals surface area contributed by atoms with Gasteiger partial charge in [-0.25, -0.2) is 9.59 Å². The average Bonchev–Trinajstić information content (AvgIpc) is 3.57. The molecule has 0 aliphatic carbocycles. The van der Waals surface area contributed by atoms with Gasteiger partial charge in [0.05, 0.1) is 18.6 Å². The zero-order valence-electron chi connectivity index (χ0n) is 19.6. The molecule has 36 heavy (non-hydrogen) atoms. The number of hydrogen-bond acceptors (Lipinski definition) is 6. The first-order chi connectivity index (χ1) is 17.6. The minimum atomic E-state index is -0.766. The van der Waals surface area contributed by atoms with Gasteiger partial charge in [0, 0.05) is 17.8 Å². The van der Waals surface area contributed by atoms with Crippen LogP contribution in [0.15, 0.2) is 105 Å². The summed E-state index contributed by atoms with van der Waals surface area (Å²) in [5, 5.41) is 0. The summed E-state index contributed by atoms with van der Waals surface area (Å²) >= 11 is 0. The van der Waals surface area contributed by atoms with Crippen molar-refractivity contribution in [3.8, 4) is 34.0 Å². The predicted molar refractivity (Wildman–Crippen MR) is 137 cm³/mol. The number of nitrogens with two attached hydrogens (primary N) is 1. The lowest BCUT2D eigenvalue weighted by Crippen LogP contribution is -2.18. The molecule has 0 radical (unpaired) electrons. The number of esters is 1. The quantitative estimate of drug-likeness (QED) is 0.294. The molecule has 0 saturated heterocycles. The van der Waals surface area contributed by atoms with Crippen LogP contribution in [-0.2, 0) is 11.3 Å². The molecular formula is C29H24N2O5. The van der Waals surface area contributed by atoms with Gasteiger partial charge in [0.25, 0.3) is 0 Å². The summed E-state index contributed by atoms with van der Waals surface area (Å²) in [6, 6.07) is 26.8. The van der Waals surface area contributed by atoms with E-state index in [1.165, 1.54) is 6.26 Å². The maximum atomic E-state index is 13.3. The molecule has 0 aliphatic heterocycles. The van der Waals surface area contributed by atoms with Gasteiger partial charge in [0.15, 0.2) is 11.5 Å². The van der Waals surface area contributed by atoms with E-state index in [2.05, 4.69) is 0 Å². The van der Waals surface area contributed by atoms with Crippen LogP contribution in [0.25, 0.3) is 34.0 Å². The van der Waals surface area contributed by atoms with Crippen LogP contribution in [-0.4, -0.2) is 17.1 Å². The molecule has 0 spiro atoms. The van der Waals surface area contributed by atoms with Crippen molar-refractivity contribution in [3.63, 3.8) is 0 Å². The van der Waals surface area contributed by atoms with Crippen LogP contribution < -0.4 is 11.4 Å². The molecule has 2 aromatic carbocycles. The van der Waals surface area contributed by atoms with Crippen molar-refractivity contribution in [1.29, 1.82) is 0 Å². The zero-order chi connectivity index (χ0) is 25.1. The minimum Gasteiger partial charge on any atom is -0.462 e. The van der Waals surface area contributed by atoms with E-state index in [0.717, 1.165) is 16.8 Å². The summed E-state index contributed by atoms with van der Waals surface area (Å²) in [5.41, 5.74) is 9.16. The van der Waals surface area contributed by atoms with Crippen molar-refractivity contribution < 1.29 is 18.4 Å². The largest absolute Gasteiger partial charge is 0.462 e. The summed E-state index contributed by atoms with van der Waals surface area (Å²) < 4.78 is 18.4. The second-order valence-electron chi connectivity index (χ2n) is 8.12. The van der Waals surface area contributed by atoms with Crippen LogP contribution in [0.2, 0.25) is 0 Å². The van der Waals surface area contributed by atoms with E-state index in [4.69, 9.17) is 19.3 Å². The Hall–Kier alpha value is -4.78. The molecule has 0 saturated carbocycles. The Morgan fingerprint density at radius 2 is 1.61 bits per heavy atom. The molecule has 7 nitrogen and oxygen atoms in total. The number of anilines is 1. The van der Waals surface area contributed by atoms with Crippen molar-refractivity contribution in [2.75, 3.05) is 12.3 Å². The third-order valence-corrected chi connectivity index (χ3v) is 5.88. The Kier molecular flexibility index (Phi) is 6.28. The molecule has 0 atom stereocenters. The van der Waals surface area contributed by atoms with Crippen LogP contribution in [0.5, 0.6) is 0 Å². The highest BCUT2D eigenvalue weighted by Crippen LogP contribution is 2.38. The minimum absolute atomic E-state index is 0.0265. The van der Waals surface area contributed by atoms with E-state index in [-0.39, 0.29) is 34.9 Å². The van der Waals surface area contributed by atoms with Crippen LogP contribution in [0.4, 0.5) is 5.69 Å². The molecule has 5 aromatic rings. The van der Waals surface area contributed by atoms with Crippen molar-refractivity contribution in [3.05, 3.63) is 113 Å². The molecule has 0 unspecified atom stereocenters. The summed E-state index contributed by atoms with van der Waals surface area (Å²) in [6.07, 6.45) is 1.44.